The molecule has 0 spiro atoms. The van der Waals surface area contributed by atoms with Crippen molar-refractivity contribution in [2.24, 2.45) is 7.05 Å². The molecule has 96 valence electrons. The van der Waals surface area contributed by atoms with Crippen molar-refractivity contribution in [2.45, 2.75) is 6.54 Å². The molecule has 0 bridgehead atoms. The lowest BCUT2D eigenvalue weighted by molar-refractivity contribution is 0.397. The summed E-state index contributed by atoms with van der Waals surface area (Å²) in [6.45, 7) is 0.628. The van der Waals surface area contributed by atoms with Crippen molar-refractivity contribution in [1.82, 2.24) is 19.5 Å². The summed E-state index contributed by atoms with van der Waals surface area (Å²) in [6, 6.07) is 1.74. The molecule has 2 rings (SSSR count). The standard InChI is InChI=1S/C11H16N6O/c1-16-5-4-13-9(16)7-17(2)8-6-10(18-3)15-11(12)14-8/h4-6H,7H2,1-3H3,(H2,12,14,15). The van der Waals surface area contributed by atoms with Crippen molar-refractivity contribution in [3.8, 4) is 5.88 Å². The summed E-state index contributed by atoms with van der Waals surface area (Å²) in [6.07, 6.45) is 3.66. The number of hydrogen-bond acceptors (Lipinski definition) is 6. The summed E-state index contributed by atoms with van der Waals surface area (Å²) in [4.78, 5) is 14.3. The largest absolute Gasteiger partial charge is 0.481 e. The van der Waals surface area contributed by atoms with Crippen LogP contribution in [-0.4, -0.2) is 33.7 Å². The fourth-order valence-electron chi connectivity index (χ4n) is 1.57. The van der Waals surface area contributed by atoms with Crippen molar-refractivity contribution in [1.29, 1.82) is 0 Å². The Morgan fingerprint density at radius 3 is 2.83 bits per heavy atom. The second-order valence-corrected chi connectivity index (χ2v) is 3.94. The van der Waals surface area contributed by atoms with Gasteiger partial charge in [-0.1, -0.05) is 0 Å². The van der Waals surface area contributed by atoms with Crippen LogP contribution in [0.4, 0.5) is 11.8 Å². The van der Waals surface area contributed by atoms with Gasteiger partial charge in [0.1, 0.15) is 11.6 Å². The normalized spacial score (nSPS) is 10.4. The first-order valence-electron chi connectivity index (χ1n) is 5.46. The van der Waals surface area contributed by atoms with Gasteiger partial charge >= 0.3 is 0 Å². The van der Waals surface area contributed by atoms with Gasteiger partial charge < -0.3 is 19.9 Å². The summed E-state index contributed by atoms with van der Waals surface area (Å²) in [5.74, 6) is 2.27. The molecule has 0 amide bonds. The van der Waals surface area contributed by atoms with Gasteiger partial charge in [-0.2, -0.15) is 9.97 Å². The van der Waals surface area contributed by atoms with Gasteiger partial charge in [-0.25, -0.2) is 4.98 Å². The van der Waals surface area contributed by atoms with E-state index < -0.39 is 0 Å². The average Bonchev–Trinajstić information content (AvgIpc) is 2.74. The molecule has 2 N–H and O–H groups in total. The zero-order valence-electron chi connectivity index (χ0n) is 10.7. The second kappa shape index (κ2) is 4.91. The topological polar surface area (TPSA) is 82.1 Å². The monoisotopic (exact) mass is 248 g/mol. The van der Waals surface area contributed by atoms with Crippen molar-refractivity contribution < 1.29 is 4.74 Å². The van der Waals surface area contributed by atoms with Crippen LogP contribution < -0.4 is 15.4 Å². The Morgan fingerprint density at radius 1 is 1.44 bits per heavy atom. The molecule has 0 atom stereocenters. The Hall–Kier alpha value is -2.31. The van der Waals surface area contributed by atoms with Crippen LogP contribution in [-0.2, 0) is 13.6 Å². The molecule has 2 heterocycles. The number of imidazole rings is 1. The van der Waals surface area contributed by atoms with Crippen molar-refractivity contribution in [3.63, 3.8) is 0 Å². The minimum atomic E-state index is 0.191. The molecule has 0 unspecified atom stereocenters. The van der Waals surface area contributed by atoms with E-state index in [0.29, 0.717) is 18.2 Å². The van der Waals surface area contributed by atoms with E-state index in [1.165, 1.54) is 0 Å². The zero-order chi connectivity index (χ0) is 13.1. The quantitative estimate of drug-likeness (QED) is 0.845. The van der Waals surface area contributed by atoms with Crippen LogP contribution in [0.5, 0.6) is 5.88 Å². The number of nitrogen functional groups attached to an aromatic ring is 1. The first-order chi connectivity index (χ1) is 8.60. The molecule has 0 saturated carbocycles. The number of rotatable bonds is 4. The van der Waals surface area contributed by atoms with E-state index in [1.54, 1.807) is 19.4 Å². The third-order valence-corrected chi connectivity index (χ3v) is 2.61. The van der Waals surface area contributed by atoms with Crippen LogP contribution >= 0.6 is 0 Å². The van der Waals surface area contributed by atoms with Gasteiger partial charge in [0.15, 0.2) is 0 Å². The van der Waals surface area contributed by atoms with Gasteiger partial charge in [0.05, 0.1) is 13.7 Å². The van der Waals surface area contributed by atoms with Crippen LogP contribution in [0.1, 0.15) is 5.82 Å². The molecule has 18 heavy (non-hydrogen) atoms. The van der Waals surface area contributed by atoms with E-state index in [2.05, 4.69) is 15.0 Å². The lowest BCUT2D eigenvalue weighted by Crippen LogP contribution is -2.20. The number of methoxy groups -OCH3 is 1. The molecule has 0 aliphatic heterocycles. The lowest BCUT2D eigenvalue weighted by atomic mass is 10.4. The molecule has 0 radical (unpaired) electrons. The van der Waals surface area contributed by atoms with E-state index in [4.69, 9.17) is 10.5 Å². The summed E-state index contributed by atoms with van der Waals surface area (Å²) in [5, 5.41) is 0. The van der Waals surface area contributed by atoms with E-state index in [9.17, 15) is 0 Å². The highest BCUT2D eigenvalue weighted by molar-refractivity contribution is 5.44. The maximum Gasteiger partial charge on any atom is 0.225 e. The molecular formula is C11H16N6O. The summed E-state index contributed by atoms with van der Waals surface area (Å²) in [7, 11) is 5.41. The van der Waals surface area contributed by atoms with Crippen LogP contribution in [0.15, 0.2) is 18.5 Å². The molecule has 0 fully saturated rings. The number of hydrogen-bond donors (Lipinski definition) is 1. The lowest BCUT2D eigenvalue weighted by Gasteiger charge is -2.18. The molecule has 2 aromatic rings. The number of nitrogens with zero attached hydrogens (tertiary/aromatic N) is 5. The maximum atomic E-state index is 5.63. The molecule has 7 nitrogen and oxygen atoms in total. The van der Waals surface area contributed by atoms with Crippen molar-refractivity contribution in [3.05, 3.63) is 24.3 Å². The van der Waals surface area contributed by atoms with Gasteiger partial charge in [0, 0.05) is 32.6 Å². The molecule has 0 aliphatic carbocycles. The SMILES string of the molecule is COc1cc(N(C)Cc2nccn2C)nc(N)n1. The summed E-state index contributed by atoms with van der Waals surface area (Å²) < 4.78 is 7.02. The van der Waals surface area contributed by atoms with E-state index >= 15 is 0 Å². The van der Waals surface area contributed by atoms with E-state index in [0.717, 1.165) is 5.82 Å². The van der Waals surface area contributed by atoms with Crippen LogP contribution in [0, 0.1) is 0 Å². The predicted molar refractivity (Wildman–Crippen MR) is 68.3 cm³/mol. The Labute approximate surface area is 105 Å². The van der Waals surface area contributed by atoms with Crippen molar-refractivity contribution in [2.75, 3.05) is 24.8 Å². The van der Waals surface area contributed by atoms with E-state index in [-0.39, 0.29) is 5.95 Å². The fourth-order valence-corrected chi connectivity index (χ4v) is 1.57. The van der Waals surface area contributed by atoms with Gasteiger partial charge in [0.2, 0.25) is 11.8 Å². The number of ether oxygens (including phenoxy) is 1. The third-order valence-electron chi connectivity index (χ3n) is 2.61. The fraction of sp³-hybridized carbons (Fsp3) is 0.364. The minimum Gasteiger partial charge on any atom is -0.481 e. The Balaban J connectivity index is 2.20. The number of anilines is 2. The molecule has 7 heteroatoms. The number of aromatic nitrogens is 4. The first-order valence-corrected chi connectivity index (χ1v) is 5.46. The summed E-state index contributed by atoms with van der Waals surface area (Å²) >= 11 is 0. The van der Waals surface area contributed by atoms with Crippen LogP contribution in [0.3, 0.4) is 0 Å². The molecule has 2 aromatic heterocycles. The Morgan fingerprint density at radius 2 is 2.22 bits per heavy atom. The Bertz CT molecular complexity index is 538. The highest BCUT2D eigenvalue weighted by atomic mass is 16.5. The molecule has 0 aromatic carbocycles. The van der Waals surface area contributed by atoms with Gasteiger partial charge in [-0.15, -0.1) is 0 Å². The Kier molecular flexibility index (Phi) is 3.31. The van der Waals surface area contributed by atoms with Crippen LogP contribution in [0.2, 0.25) is 0 Å². The summed E-state index contributed by atoms with van der Waals surface area (Å²) in [5.41, 5.74) is 5.63. The highest BCUT2D eigenvalue weighted by Crippen LogP contribution is 2.18. The minimum absolute atomic E-state index is 0.191. The van der Waals surface area contributed by atoms with Gasteiger partial charge in [0.25, 0.3) is 0 Å². The van der Waals surface area contributed by atoms with E-state index in [1.807, 2.05) is 29.8 Å². The molecule has 0 saturated heterocycles. The van der Waals surface area contributed by atoms with Gasteiger partial charge in [-0.3, -0.25) is 0 Å². The average molecular weight is 248 g/mol. The maximum absolute atomic E-state index is 5.63. The van der Waals surface area contributed by atoms with Crippen LogP contribution in [0.25, 0.3) is 0 Å². The zero-order valence-corrected chi connectivity index (χ0v) is 10.7. The van der Waals surface area contributed by atoms with Crippen molar-refractivity contribution >= 4 is 11.8 Å². The third kappa shape index (κ3) is 2.50. The van der Waals surface area contributed by atoms with Gasteiger partial charge in [-0.05, 0) is 0 Å². The number of aryl methyl sites for hydroxylation is 1. The molecular weight excluding hydrogens is 232 g/mol. The smallest absolute Gasteiger partial charge is 0.225 e. The number of nitrogens with two attached hydrogens (primary N) is 1. The predicted octanol–water partition coefficient (Wildman–Crippen LogP) is 0.437. The second-order valence-electron chi connectivity index (χ2n) is 3.94. The molecule has 0 aliphatic rings. The highest BCUT2D eigenvalue weighted by Gasteiger charge is 2.10. The first kappa shape index (κ1) is 12.2.